The summed E-state index contributed by atoms with van der Waals surface area (Å²) in [7, 11) is -4.40. The van der Waals surface area contributed by atoms with Crippen molar-refractivity contribution < 1.29 is 37.6 Å². The Morgan fingerprint density at radius 2 is 0.658 bits per heavy atom. The molecule has 450 valence electrons. The van der Waals surface area contributed by atoms with Crippen molar-refractivity contribution in [2.45, 2.75) is 264 Å². The molecule has 0 aliphatic rings. The van der Waals surface area contributed by atoms with E-state index in [1.165, 1.54) is 103 Å². The lowest BCUT2D eigenvalue weighted by Crippen LogP contribution is -2.29. The highest BCUT2D eigenvalue weighted by atomic mass is 31.2. The van der Waals surface area contributed by atoms with Crippen LogP contribution in [0.3, 0.4) is 0 Å². The van der Waals surface area contributed by atoms with E-state index in [0.29, 0.717) is 6.42 Å². The summed E-state index contributed by atoms with van der Waals surface area (Å²) >= 11 is 0. The van der Waals surface area contributed by atoms with Crippen LogP contribution < -0.4 is 5.73 Å². The number of carbonyl (C=O) groups is 2. The molecule has 2 unspecified atom stereocenters. The highest BCUT2D eigenvalue weighted by Gasteiger charge is 2.26. The standard InChI is InChI=1S/C69H116NO8P/c1-3-5-7-9-11-13-15-17-19-21-23-25-27-29-30-31-32-33-34-35-36-38-40-42-44-46-48-50-52-54-56-58-60-62-69(72)78-67(66-77-79(73,74)76-64-63-70)65-75-68(71)61-59-57-55-53-51-49-47-45-43-41-39-37-28-26-24-22-20-18-16-14-12-10-8-6-4-2/h5-8,11-14,17-20,23-26,29-30,32-33,37,39,67H,3-4,9-10,15-16,21-22,27-28,31,34-36,38,40-66,70H2,1-2H3,(H,73,74)/b7-5-,8-6-,13-11-,14-12-,19-17-,20-18-,25-23-,26-24-,30-29-,33-32-,39-37-. The molecule has 0 bridgehead atoms. The summed E-state index contributed by atoms with van der Waals surface area (Å²) in [6, 6.07) is 0. The van der Waals surface area contributed by atoms with E-state index in [1.54, 1.807) is 0 Å². The summed E-state index contributed by atoms with van der Waals surface area (Å²) in [6.45, 7) is 3.51. The summed E-state index contributed by atoms with van der Waals surface area (Å²) in [6.07, 6.45) is 89.4. The molecule has 79 heavy (non-hydrogen) atoms. The third kappa shape index (κ3) is 63.2. The van der Waals surface area contributed by atoms with Crippen LogP contribution in [0.2, 0.25) is 0 Å². The predicted molar refractivity (Wildman–Crippen MR) is 339 cm³/mol. The molecule has 9 nitrogen and oxygen atoms in total. The van der Waals surface area contributed by atoms with Gasteiger partial charge >= 0.3 is 19.8 Å². The Hall–Kier alpha value is -3.85. The highest BCUT2D eigenvalue weighted by Crippen LogP contribution is 2.43. The second-order valence-electron chi connectivity index (χ2n) is 20.5. The van der Waals surface area contributed by atoms with Gasteiger partial charge in [-0.25, -0.2) is 4.57 Å². The van der Waals surface area contributed by atoms with Crippen LogP contribution in [0.4, 0.5) is 0 Å². The van der Waals surface area contributed by atoms with Crippen LogP contribution in [0.15, 0.2) is 134 Å². The first-order valence-corrected chi connectivity index (χ1v) is 33.2. The van der Waals surface area contributed by atoms with Crippen LogP contribution in [0.25, 0.3) is 0 Å². The molecule has 0 aromatic heterocycles. The molecule has 0 rings (SSSR count). The topological polar surface area (TPSA) is 134 Å². The zero-order valence-electron chi connectivity index (χ0n) is 50.3. The number of allylic oxidation sites excluding steroid dienone is 22. The second kappa shape index (κ2) is 63.3. The van der Waals surface area contributed by atoms with E-state index in [1.807, 2.05) is 0 Å². The Morgan fingerprint density at radius 3 is 0.975 bits per heavy atom. The molecule has 0 saturated carbocycles. The van der Waals surface area contributed by atoms with E-state index in [2.05, 4.69) is 148 Å². The number of rotatable bonds is 58. The first-order chi connectivity index (χ1) is 38.8. The minimum Gasteiger partial charge on any atom is -0.462 e. The van der Waals surface area contributed by atoms with E-state index < -0.39 is 26.5 Å². The normalized spacial score (nSPS) is 13.9. The second-order valence-corrected chi connectivity index (χ2v) is 22.0. The molecule has 0 spiro atoms. The van der Waals surface area contributed by atoms with Crippen molar-refractivity contribution in [3.63, 3.8) is 0 Å². The maximum atomic E-state index is 12.7. The largest absolute Gasteiger partial charge is 0.472 e. The molecule has 0 saturated heterocycles. The van der Waals surface area contributed by atoms with Crippen LogP contribution in [0.5, 0.6) is 0 Å². The average Bonchev–Trinajstić information content (AvgIpc) is 3.44. The van der Waals surface area contributed by atoms with Gasteiger partial charge in [-0.3, -0.25) is 18.6 Å². The van der Waals surface area contributed by atoms with E-state index >= 15 is 0 Å². The summed E-state index contributed by atoms with van der Waals surface area (Å²) in [5.41, 5.74) is 5.39. The number of hydrogen-bond acceptors (Lipinski definition) is 8. The van der Waals surface area contributed by atoms with Gasteiger partial charge in [-0.05, 0) is 109 Å². The number of esters is 2. The number of unbranched alkanes of at least 4 members (excludes halogenated alkanes) is 23. The third-order valence-corrected chi connectivity index (χ3v) is 14.0. The van der Waals surface area contributed by atoms with Gasteiger partial charge in [0.15, 0.2) is 6.10 Å². The van der Waals surface area contributed by atoms with E-state index in [0.717, 1.165) is 122 Å². The van der Waals surface area contributed by atoms with Gasteiger partial charge < -0.3 is 20.1 Å². The molecule has 0 aliphatic carbocycles. The lowest BCUT2D eigenvalue weighted by Gasteiger charge is -2.19. The minimum atomic E-state index is -4.40. The fraction of sp³-hybridized carbons (Fsp3) is 0.652. The van der Waals surface area contributed by atoms with Gasteiger partial charge in [-0.2, -0.15) is 0 Å². The van der Waals surface area contributed by atoms with Crippen LogP contribution >= 0.6 is 7.82 Å². The lowest BCUT2D eigenvalue weighted by molar-refractivity contribution is -0.161. The minimum absolute atomic E-state index is 0.0467. The molecule has 3 N–H and O–H groups in total. The number of hydrogen-bond donors (Lipinski definition) is 2. The first kappa shape index (κ1) is 75.2. The van der Waals surface area contributed by atoms with Crippen molar-refractivity contribution >= 4 is 19.8 Å². The molecule has 0 radical (unpaired) electrons. The van der Waals surface area contributed by atoms with Crippen LogP contribution in [0.1, 0.15) is 258 Å². The average molecular weight is 1120 g/mol. The van der Waals surface area contributed by atoms with Gasteiger partial charge in [-0.15, -0.1) is 0 Å². The molecular formula is C69H116NO8P. The fourth-order valence-corrected chi connectivity index (χ4v) is 9.20. The predicted octanol–water partition coefficient (Wildman–Crippen LogP) is 20.5. The molecule has 0 aromatic rings. The van der Waals surface area contributed by atoms with Crippen molar-refractivity contribution in [2.75, 3.05) is 26.4 Å². The first-order valence-electron chi connectivity index (χ1n) is 31.7. The lowest BCUT2D eigenvalue weighted by atomic mass is 10.0. The van der Waals surface area contributed by atoms with Gasteiger partial charge in [-0.1, -0.05) is 270 Å². The highest BCUT2D eigenvalue weighted by molar-refractivity contribution is 7.47. The summed E-state index contributed by atoms with van der Waals surface area (Å²) in [5, 5.41) is 0. The molecule has 0 fully saturated rings. The van der Waals surface area contributed by atoms with Crippen molar-refractivity contribution in [2.24, 2.45) is 5.73 Å². The third-order valence-electron chi connectivity index (χ3n) is 13.0. The molecule has 2 atom stereocenters. The van der Waals surface area contributed by atoms with Gasteiger partial charge in [0.05, 0.1) is 13.2 Å². The van der Waals surface area contributed by atoms with Gasteiger partial charge in [0.1, 0.15) is 6.61 Å². The zero-order chi connectivity index (χ0) is 57.3. The Labute approximate surface area is 484 Å². The van der Waals surface area contributed by atoms with Crippen molar-refractivity contribution in [1.82, 2.24) is 0 Å². The van der Waals surface area contributed by atoms with Gasteiger partial charge in [0.25, 0.3) is 0 Å². The van der Waals surface area contributed by atoms with E-state index in [4.69, 9.17) is 24.3 Å². The Kier molecular flexibility index (Phi) is 60.2. The Bertz CT molecular complexity index is 1750. The van der Waals surface area contributed by atoms with E-state index in [9.17, 15) is 19.0 Å². The molecule has 10 heteroatoms. The van der Waals surface area contributed by atoms with Crippen LogP contribution in [-0.4, -0.2) is 49.3 Å². The van der Waals surface area contributed by atoms with E-state index in [-0.39, 0.29) is 38.6 Å². The molecule has 0 amide bonds. The number of phosphoric acid groups is 1. The SMILES string of the molecule is CC/C=C\C/C=C\C/C=C\C/C=C\C/C=C\C/C=C\CCCCCCCCCCCCCCCCC(=O)OC(COC(=O)CCCCCCCCCCC/C=C\C/C=C\C/C=C\C/C=C\C/C=C\CC)COP(=O)(O)OCCN. The van der Waals surface area contributed by atoms with Crippen LogP contribution in [-0.2, 0) is 32.7 Å². The van der Waals surface area contributed by atoms with Crippen molar-refractivity contribution in [3.05, 3.63) is 134 Å². The number of carbonyl (C=O) groups excluding carboxylic acids is 2. The van der Waals surface area contributed by atoms with Gasteiger partial charge in [0.2, 0.25) is 0 Å². The number of phosphoric ester groups is 1. The summed E-state index contributed by atoms with van der Waals surface area (Å²) < 4.78 is 33.1. The Balaban J connectivity index is 3.96. The zero-order valence-corrected chi connectivity index (χ0v) is 51.2. The van der Waals surface area contributed by atoms with Crippen molar-refractivity contribution in [1.29, 1.82) is 0 Å². The molecule has 0 aromatic carbocycles. The maximum absolute atomic E-state index is 12.7. The monoisotopic (exact) mass is 1120 g/mol. The smallest absolute Gasteiger partial charge is 0.462 e. The number of ether oxygens (including phenoxy) is 2. The molecular weight excluding hydrogens is 1000 g/mol. The summed E-state index contributed by atoms with van der Waals surface area (Å²) in [4.78, 5) is 35.3. The maximum Gasteiger partial charge on any atom is 0.472 e. The molecule has 0 heterocycles. The Morgan fingerprint density at radius 1 is 0.380 bits per heavy atom. The van der Waals surface area contributed by atoms with Crippen molar-refractivity contribution in [3.8, 4) is 0 Å². The fourth-order valence-electron chi connectivity index (χ4n) is 8.43. The van der Waals surface area contributed by atoms with Crippen LogP contribution in [0, 0.1) is 0 Å². The molecule has 0 aliphatic heterocycles. The number of nitrogens with two attached hydrogens (primary N) is 1. The quantitative estimate of drug-likeness (QED) is 0.0264. The van der Waals surface area contributed by atoms with Gasteiger partial charge in [0, 0.05) is 19.4 Å². The summed E-state index contributed by atoms with van der Waals surface area (Å²) in [5.74, 6) is -0.838.